The number of hydrogen-bond acceptors (Lipinski definition) is 4. The van der Waals surface area contributed by atoms with Crippen LogP contribution in [-0.4, -0.2) is 52.3 Å². The lowest BCUT2D eigenvalue weighted by molar-refractivity contribution is 0.186. The van der Waals surface area contributed by atoms with Crippen molar-refractivity contribution in [2.75, 3.05) is 26.8 Å². The van der Waals surface area contributed by atoms with E-state index in [0.717, 1.165) is 37.2 Å². The molecule has 0 saturated carbocycles. The minimum Gasteiger partial charge on any atom is -0.379 e. The van der Waals surface area contributed by atoms with Gasteiger partial charge in [0.25, 0.3) is 0 Å². The van der Waals surface area contributed by atoms with Crippen LogP contribution in [0.15, 0.2) is 18.3 Å². The van der Waals surface area contributed by atoms with Crippen LogP contribution in [0.1, 0.15) is 31.1 Å². The molecule has 0 amide bonds. The zero-order valence-electron chi connectivity index (χ0n) is 12.5. The van der Waals surface area contributed by atoms with E-state index in [9.17, 15) is 0 Å². The first-order valence-electron chi connectivity index (χ1n) is 7.93. The number of hydrogen-bond donors (Lipinski definition) is 0. The van der Waals surface area contributed by atoms with Gasteiger partial charge >= 0.3 is 0 Å². The van der Waals surface area contributed by atoms with E-state index < -0.39 is 0 Å². The van der Waals surface area contributed by atoms with Gasteiger partial charge in [-0.15, -0.1) is 0 Å². The summed E-state index contributed by atoms with van der Waals surface area (Å²) in [4.78, 5) is 11.9. The van der Waals surface area contributed by atoms with Crippen LogP contribution in [0.25, 0.3) is 11.2 Å². The van der Waals surface area contributed by atoms with Crippen molar-refractivity contribution in [1.82, 2.24) is 19.4 Å². The second-order valence-corrected chi connectivity index (χ2v) is 6.24. The number of rotatable bonds is 3. The lowest BCUT2D eigenvalue weighted by atomic mass is 10.1. The van der Waals surface area contributed by atoms with Crippen LogP contribution in [-0.2, 0) is 11.2 Å². The Labute approximate surface area is 124 Å². The third-order valence-corrected chi connectivity index (χ3v) is 4.88. The minimum atomic E-state index is 0.395. The quantitative estimate of drug-likeness (QED) is 0.866. The van der Waals surface area contributed by atoms with Crippen LogP contribution in [0.5, 0.6) is 0 Å². The highest BCUT2D eigenvalue weighted by molar-refractivity contribution is 5.71. The van der Waals surface area contributed by atoms with Gasteiger partial charge in [0.2, 0.25) is 0 Å². The normalized spacial score (nSPS) is 26.9. The smallest absolute Gasteiger partial charge is 0.160 e. The molecule has 2 fully saturated rings. The van der Waals surface area contributed by atoms with Gasteiger partial charge < -0.3 is 14.2 Å². The van der Waals surface area contributed by atoms with Crippen molar-refractivity contribution < 1.29 is 4.74 Å². The molecule has 112 valence electrons. The summed E-state index contributed by atoms with van der Waals surface area (Å²) in [6, 6.07) is 5.04. The third kappa shape index (κ3) is 2.34. The summed E-state index contributed by atoms with van der Waals surface area (Å²) in [7, 11) is 2.22. The number of fused-ring (bicyclic) bond motifs is 1. The Bertz CT molecular complexity index is 632. The van der Waals surface area contributed by atoms with Gasteiger partial charge in [0.1, 0.15) is 11.3 Å². The van der Waals surface area contributed by atoms with Crippen molar-refractivity contribution >= 4 is 11.2 Å². The lowest BCUT2D eigenvalue weighted by Gasteiger charge is -2.21. The van der Waals surface area contributed by atoms with Crippen molar-refractivity contribution in [2.45, 2.75) is 37.8 Å². The van der Waals surface area contributed by atoms with Gasteiger partial charge in [0.15, 0.2) is 5.65 Å². The average molecular weight is 286 g/mol. The summed E-state index contributed by atoms with van der Waals surface area (Å²) < 4.78 is 7.93. The Balaban J connectivity index is 1.74. The Morgan fingerprint density at radius 1 is 1.38 bits per heavy atom. The van der Waals surface area contributed by atoms with Gasteiger partial charge in [-0.3, -0.25) is 0 Å². The largest absolute Gasteiger partial charge is 0.379 e. The molecule has 2 unspecified atom stereocenters. The van der Waals surface area contributed by atoms with E-state index in [4.69, 9.17) is 9.72 Å². The van der Waals surface area contributed by atoms with Crippen molar-refractivity contribution in [3.05, 3.63) is 24.2 Å². The van der Waals surface area contributed by atoms with Crippen LogP contribution in [0.4, 0.5) is 0 Å². The maximum atomic E-state index is 5.59. The predicted molar refractivity (Wildman–Crippen MR) is 81.4 cm³/mol. The number of ether oxygens (including phenoxy) is 1. The number of imidazole rings is 1. The van der Waals surface area contributed by atoms with Crippen LogP contribution < -0.4 is 0 Å². The molecule has 2 aromatic heterocycles. The molecule has 0 N–H and O–H groups in total. The zero-order chi connectivity index (χ0) is 14.2. The molecular weight excluding hydrogens is 264 g/mol. The monoisotopic (exact) mass is 286 g/mol. The molecule has 4 rings (SSSR count). The number of likely N-dealkylation sites (tertiary alicyclic amines) is 1. The van der Waals surface area contributed by atoms with Crippen molar-refractivity contribution in [2.24, 2.45) is 0 Å². The van der Waals surface area contributed by atoms with Crippen molar-refractivity contribution in [1.29, 1.82) is 0 Å². The molecule has 2 aliphatic rings. The summed E-state index contributed by atoms with van der Waals surface area (Å²) in [6.07, 6.45) is 6.52. The number of nitrogens with zero attached hydrogens (tertiary/aromatic N) is 4. The van der Waals surface area contributed by atoms with E-state index >= 15 is 0 Å². The fourth-order valence-corrected chi connectivity index (χ4v) is 3.68. The van der Waals surface area contributed by atoms with E-state index in [1.54, 1.807) is 0 Å². The molecule has 0 aromatic carbocycles. The zero-order valence-corrected chi connectivity index (χ0v) is 12.5. The summed E-state index contributed by atoms with van der Waals surface area (Å²) >= 11 is 0. The standard InChI is InChI=1S/C16H22N4O/c1-19-8-3-4-12(19)10-15-18-14-5-2-7-17-16(14)20(15)13-6-9-21-11-13/h2,5,7,12-13H,3-4,6,8-11H2,1H3. The maximum Gasteiger partial charge on any atom is 0.160 e. The molecule has 0 spiro atoms. The third-order valence-electron chi connectivity index (χ3n) is 4.88. The van der Waals surface area contributed by atoms with E-state index in [-0.39, 0.29) is 0 Å². The van der Waals surface area contributed by atoms with E-state index in [1.807, 2.05) is 12.3 Å². The molecule has 5 heteroatoms. The molecular formula is C16H22N4O. The Kier molecular flexibility index (Phi) is 3.39. The van der Waals surface area contributed by atoms with Crippen LogP contribution >= 0.6 is 0 Å². The molecule has 2 aromatic rings. The summed E-state index contributed by atoms with van der Waals surface area (Å²) in [6.45, 7) is 2.84. The van der Waals surface area contributed by atoms with E-state index in [0.29, 0.717) is 12.1 Å². The Hall–Kier alpha value is -1.46. The lowest BCUT2D eigenvalue weighted by Crippen LogP contribution is -2.28. The fourth-order valence-electron chi connectivity index (χ4n) is 3.68. The van der Waals surface area contributed by atoms with Gasteiger partial charge in [-0.1, -0.05) is 0 Å². The topological polar surface area (TPSA) is 43.2 Å². The van der Waals surface area contributed by atoms with Crippen LogP contribution in [0.2, 0.25) is 0 Å². The molecule has 5 nitrogen and oxygen atoms in total. The Morgan fingerprint density at radius 2 is 2.33 bits per heavy atom. The molecule has 0 radical (unpaired) electrons. The van der Waals surface area contributed by atoms with E-state index in [2.05, 4.69) is 27.6 Å². The molecule has 4 heterocycles. The summed E-state index contributed by atoms with van der Waals surface area (Å²) in [5.41, 5.74) is 2.03. The average Bonchev–Trinajstić information content (AvgIpc) is 3.19. The van der Waals surface area contributed by atoms with Crippen LogP contribution in [0, 0.1) is 0 Å². The summed E-state index contributed by atoms with van der Waals surface area (Å²) in [5.74, 6) is 1.18. The number of aromatic nitrogens is 3. The first-order chi connectivity index (χ1) is 10.3. The SMILES string of the molecule is CN1CCCC1Cc1nc2cccnc2n1C1CCOC1. The molecule has 0 aliphatic carbocycles. The molecule has 2 aliphatic heterocycles. The molecule has 21 heavy (non-hydrogen) atoms. The van der Waals surface area contributed by atoms with Gasteiger partial charge in [0, 0.05) is 25.3 Å². The first-order valence-corrected chi connectivity index (χ1v) is 7.93. The van der Waals surface area contributed by atoms with Crippen molar-refractivity contribution in [3.8, 4) is 0 Å². The second kappa shape index (κ2) is 5.39. The highest BCUT2D eigenvalue weighted by Crippen LogP contribution is 2.28. The summed E-state index contributed by atoms with van der Waals surface area (Å²) in [5, 5.41) is 0. The van der Waals surface area contributed by atoms with Gasteiger partial charge in [-0.25, -0.2) is 9.97 Å². The minimum absolute atomic E-state index is 0.395. The molecule has 2 atom stereocenters. The Morgan fingerprint density at radius 3 is 3.10 bits per heavy atom. The van der Waals surface area contributed by atoms with Gasteiger partial charge in [-0.2, -0.15) is 0 Å². The van der Waals surface area contributed by atoms with Gasteiger partial charge in [-0.05, 0) is 45.0 Å². The maximum absolute atomic E-state index is 5.59. The highest BCUT2D eigenvalue weighted by atomic mass is 16.5. The van der Waals surface area contributed by atoms with Crippen molar-refractivity contribution in [3.63, 3.8) is 0 Å². The van der Waals surface area contributed by atoms with Gasteiger partial charge in [0.05, 0.1) is 12.6 Å². The first kappa shape index (κ1) is 13.2. The number of pyridine rings is 1. The van der Waals surface area contributed by atoms with Crippen LogP contribution in [0.3, 0.4) is 0 Å². The molecule has 0 bridgehead atoms. The van der Waals surface area contributed by atoms with E-state index in [1.165, 1.54) is 25.2 Å². The number of likely N-dealkylation sites (N-methyl/N-ethyl adjacent to an activating group) is 1. The highest BCUT2D eigenvalue weighted by Gasteiger charge is 2.28. The predicted octanol–water partition coefficient (Wildman–Crippen LogP) is 2.03. The second-order valence-electron chi connectivity index (χ2n) is 6.24. The fraction of sp³-hybridized carbons (Fsp3) is 0.625. The molecule has 2 saturated heterocycles.